The first kappa shape index (κ1) is 15.9. The van der Waals surface area contributed by atoms with Crippen LogP contribution in [0.5, 0.6) is 0 Å². The number of carbonyl (C=O) groups excluding carboxylic acids is 1. The first-order valence-electron chi connectivity index (χ1n) is 7.79. The quantitative estimate of drug-likeness (QED) is 0.741. The summed E-state index contributed by atoms with van der Waals surface area (Å²) in [7, 11) is 0. The van der Waals surface area contributed by atoms with E-state index in [0.29, 0.717) is 37.0 Å². The molecule has 3 aromatic rings. The molecule has 0 aromatic carbocycles. The van der Waals surface area contributed by atoms with Crippen molar-refractivity contribution >= 4 is 33.4 Å². The first-order valence-corrected chi connectivity index (χ1v) is 8.67. The van der Waals surface area contributed by atoms with Gasteiger partial charge >= 0.3 is 0 Å². The normalized spacial score (nSPS) is 14.2. The van der Waals surface area contributed by atoms with E-state index in [4.69, 9.17) is 0 Å². The van der Waals surface area contributed by atoms with E-state index in [9.17, 15) is 9.18 Å². The number of amides is 1. The average molecular weight is 358 g/mol. The summed E-state index contributed by atoms with van der Waals surface area (Å²) in [6.45, 7) is 2.28. The molecule has 4 rings (SSSR count). The van der Waals surface area contributed by atoms with Crippen molar-refractivity contribution in [3.63, 3.8) is 0 Å². The van der Waals surface area contributed by atoms with Gasteiger partial charge in [-0.25, -0.2) is 14.4 Å². The zero-order valence-electron chi connectivity index (χ0n) is 13.2. The van der Waals surface area contributed by atoms with E-state index in [1.165, 1.54) is 17.4 Å². The molecule has 1 saturated heterocycles. The molecule has 2 N–H and O–H groups in total. The number of halogens is 1. The molecule has 25 heavy (non-hydrogen) atoms. The Kier molecular flexibility index (Phi) is 4.24. The van der Waals surface area contributed by atoms with Crippen molar-refractivity contribution in [2.75, 3.05) is 25.1 Å². The maximum atomic E-state index is 13.2. The summed E-state index contributed by atoms with van der Waals surface area (Å²) < 4.78 is 14.0. The summed E-state index contributed by atoms with van der Waals surface area (Å²) in [5, 5.41) is 8.07. The van der Waals surface area contributed by atoms with Crippen LogP contribution in [-0.4, -0.2) is 45.5 Å². The van der Waals surface area contributed by atoms with E-state index in [-0.39, 0.29) is 5.91 Å². The monoisotopic (exact) mass is 358 g/mol. The predicted molar refractivity (Wildman–Crippen MR) is 92.8 cm³/mol. The number of nitrogens with zero attached hydrogens (tertiary/aromatic N) is 4. The van der Waals surface area contributed by atoms with Gasteiger partial charge in [0.1, 0.15) is 5.82 Å². The van der Waals surface area contributed by atoms with Gasteiger partial charge in [0, 0.05) is 25.8 Å². The van der Waals surface area contributed by atoms with Crippen LogP contribution >= 0.6 is 11.3 Å². The third-order valence-electron chi connectivity index (χ3n) is 3.87. The summed E-state index contributed by atoms with van der Waals surface area (Å²) in [6.07, 6.45) is 2.72. The molecular weight excluding hydrogens is 343 g/mol. The van der Waals surface area contributed by atoms with Gasteiger partial charge in [-0.2, -0.15) is 0 Å². The van der Waals surface area contributed by atoms with Crippen LogP contribution in [0, 0.1) is 5.82 Å². The molecule has 0 atom stereocenters. The zero-order valence-corrected chi connectivity index (χ0v) is 14.0. The van der Waals surface area contributed by atoms with E-state index in [1.54, 1.807) is 11.1 Å². The van der Waals surface area contributed by atoms with Crippen molar-refractivity contribution < 1.29 is 9.18 Å². The van der Waals surface area contributed by atoms with E-state index in [1.807, 2.05) is 11.4 Å². The van der Waals surface area contributed by atoms with Crippen LogP contribution in [0.1, 0.15) is 16.1 Å². The number of carbonyl (C=O) groups is 1. The third-order valence-corrected chi connectivity index (χ3v) is 4.78. The lowest BCUT2D eigenvalue weighted by Crippen LogP contribution is -2.30. The minimum absolute atomic E-state index is 0.115. The fourth-order valence-corrected chi connectivity index (χ4v) is 3.46. The maximum Gasteiger partial charge on any atom is 0.275 e. The SMILES string of the molecule is O=C(c1nc(NCc2cncc(F)c2)nc2ccsc12)N1CCNC1. The largest absolute Gasteiger partial charge is 0.350 e. The Morgan fingerprint density at radius 3 is 3.12 bits per heavy atom. The van der Waals surface area contributed by atoms with Crippen molar-refractivity contribution in [2.45, 2.75) is 6.54 Å². The minimum Gasteiger partial charge on any atom is -0.350 e. The molecule has 0 saturated carbocycles. The number of nitrogens with one attached hydrogen (secondary N) is 2. The smallest absolute Gasteiger partial charge is 0.275 e. The summed E-state index contributed by atoms with van der Waals surface area (Å²) in [4.78, 5) is 27.1. The van der Waals surface area contributed by atoms with Crippen LogP contribution in [0.2, 0.25) is 0 Å². The Bertz CT molecular complexity index is 924. The standard InChI is InChI=1S/C16H15FN6OS/c17-11-5-10(6-19-8-11)7-20-16-21-12-1-4-25-14(12)13(22-16)15(24)23-3-2-18-9-23/h1,4-6,8,18H,2-3,7,9H2,(H,20,21,22). The lowest BCUT2D eigenvalue weighted by molar-refractivity contribution is 0.0788. The average Bonchev–Trinajstić information content (AvgIpc) is 3.30. The lowest BCUT2D eigenvalue weighted by Gasteiger charge is -2.15. The number of aromatic nitrogens is 3. The molecular formula is C16H15FN6OS. The second kappa shape index (κ2) is 6.69. The van der Waals surface area contributed by atoms with Gasteiger partial charge in [-0.1, -0.05) is 0 Å². The molecule has 1 aliphatic heterocycles. The number of hydrogen-bond acceptors (Lipinski definition) is 7. The van der Waals surface area contributed by atoms with Crippen LogP contribution in [0.3, 0.4) is 0 Å². The number of pyridine rings is 1. The molecule has 1 amide bonds. The van der Waals surface area contributed by atoms with Crippen LogP contribution < -0.4 is 10.6 Å². The van der Waals surface area contributed by atoms with Crippen molar-refractivity contribution in [1.29, 1.82) is 0 Å². The van der Waals surface area contributed by atoms with Gasteiger partial charge in [-0.3, -0.25) is 15.1 Å². The van der Waals surface area contributed by atoms with E-state index in [2.05, 4.69) is 25.6 Å². The second-order valence-electron chi connectivity index (χ2n) is 5.62. The van der Waals surface area contributed by atoms with Gasteiger partial charge in [-0.15, -0.1) is 11.3 Å². The molecule has 0 bridgehead atoms. The first-order chi connectivity index (χ1) is 12.2. The van der Waals surface area contributed by atoms with Gasteiger partial charge in [-0.05, 0) is 23.1 Å². The number of hydrogen-bond donors (Lipinski definition) is 2. The Labute approximate surface area is 146 Å². The molecule has 0 spiro atoms. The second-order valence-corrected chi connectivity index (χ2v) is 6.54. The van der Waals surface area contributed by atoms with E-state index < -0.39 is 5.82 Å². The molecule has 0 aliphatic carbocycles. The zero-order chi connectivity index (χ0) is 17.2. The van der Waals surface area contributed by atoms with E-state index in [0.717, 1.165) is 23.0 Å². The van der Waals surface area contributed by atoms with Crippen LogP contribution in [0.15, 0.2) is 29.9 Å². The molecule has 4 heterocycles. The highest BCUT2D eigenvalue weighted by Gasteiger charge is 2.24. The molecule has 0 radical (unpaired) electrons. The number of fused-ring (bicyclic) bond motifs is 1. The number of rotatable bonds is 4. The van der Waals surface area contributed by atoms with Crippen LogP contribution in [0.4, 0.5) is 10.3 Å². The number of thiophene rings is 1. The Hall–Kier alpha value is -2.65. The topological polar surface area (TPSA) is 83.0 Å². The van der Waals surface area contributed by atoms with Crippen molar-refractivity contribution in [1.82, 2.24) is 25.2 Å². The van der Waals surface area contributed by atoms with Crippen molar-refractivity contribution in [3.05, 3.63) is 47.0 Å². The molecule has 1 aliphatic rings. The predicted octanol–water partition coefficient (Wildman–Crippen LogP) is 1.84. The van der Waals surface area contributed by atoms with Crippen molar-refractivity contribution in [2.24, 2.45) is 0 Å². The van der Waals surface area contributed by atoms with Crippen LogP contribution in [-0.2, 0) is 6.54 Å². The molecule has 3 aromatic heterocycles. The molecule has 128 valence electrons. The highest BCUT2D eigenvalue weighted by Crippen LogP contribution is 2.25. The lowest BCUT2D eigenvalue weighted by atomic mass is 10.3. The summed E-state index contributed by atoms with van der Waals surface area (Å²) in [5.74, 6) is -0.174. The third kappa shape index (κ3) is 3.28. The highest BCUT2D eigenvalue weighted by atomic mass is 32.1. The van der Waals surface area contributed by atoms with Gasteiger partial charge in [0.2, 0.25) is 5.95 Å². The summed E-state index contributed by atoms with van der Waals surface area (Å²) in [5.41, 5.74) is 1.78. The van der Waals surface area contributed by atoms with Crippen LogP contribution in [0.25, 0.3) is 10.2 Å². The Morgan fingerprint density at radius 1 is 1.40 bits per heavy atom. The van der Waals surface area contributed by atoms with Gasteiger partial charge in [0.15, 0.2) is 5.69 Å². The fourth-order valence-electron chi connectivity index (χ4n) is 2.65. The summed E-state index contributed by atoms with van der Waals surface area (Å²) >= 11 is 1.45. The fraction of sp³-hybridized carbons (Fsp3) is 0.250. The van der Waals surface area contributed by atoms with Gasteiger partial charge < -0.3 is 10.2 Å². The Morgan fingerprint density at radius 2 is 2.32 bits per heavy atom. The number of anilines is 1. The van der Waals surface area contributed by atoms with Gasteiger partial charge in [0.25, 0.3) is 5.91 Å². The Balaban J connectivity index is 1.62. The summed E-state index contributed by atoms with van der Waals surface area (Å²) in [6, 6.07) is 3.25. The maximum absolute atomic E-state index is 13.2. The molecule has 9 heteroatoms. The molecule has 1 fully saturated rings. The highest BCUT2D eigenvalue weighted by molar-refractivity contribution is 7.17. The minimum atomic E-state index is -0.397. The molecule has 0 unspecified atom stereocenters. The van der Waals surface area contributed by atoms with Crippen molar-refractivity contribution in [3.8, 4) is 0 Å². The van der Waals surface area contributed by atoms with Gasteiger partial charge in [0.05, 0.1) is 23.1 Å². The van der Waals surface area contributed by atoms with E-state index >= 15 is 0 Å². The molecule has 7 nitrogen and oxygen atoms in total.